The third kappa shape index (κ3) is 48.7. The van der Waals surface area contributed by atoms with Gasteiger partial charge in [0.2, 0.25) is 0 Å². The van der Waals surface area contributed by atoms with E-state index in [9.17, 15) is 9.59 Å². The van der Waals surface area contributed by atoms with Gasteiger partial charge in [-0.25, -0.2) is 0 Å². The number of carbonyl (C=O) groups is 2. The minimum Gasteiger partial charge on any atom is -0.462 e. The van der Waals surface area contributed by atoms with Crippen LogP contribution in [-0.2, 0) is 23.8 Å². The second-order valence-electron chi connectivity index (χ2n) is 15.6. The maximum absolute atomic E-state index is 12.8. The van der Waals surface area contributed by atoms with Crippen LogP contribution in [-0.4, -0.2) is 37.9 Å². The molecule has 0 heterocycles. The second kappa shape index (κ2) is 51.4. The van der Waals surface area contributed by atoms with E-state index in [-0.39, 0.29) is 25.2 Å². The van der Waals surface area contributed by atoms with E-state index in [2.05, 4.69) is 154 Å². The fourth-order valence-corrected chi connectivity index (χ4v) is 6.10. The Kier molecular flexibility index (Phi) is 48.1. The molecule has 0 rings (SSSR count). The average molecular weight is 855 g/mol. The van der Waals surface area contributed by atoms with Gasteiger partial charge in [-0.3, -0.25) is 9.59 Å². The van der Waals surface area contributed by atoms with E-state index in [1.165, 1.54) is 25.7 Å². The van der Waals surface area contributed by atoms with E-state index in [0.29, 0.717) is 19.4 Å². The smallest absolute Gasteiger partial charge is 0.306 e. The summed E-state index contributed by atoms with van der Waals surface area (Å²) in [5.74, 6) is -0.518. The third-order valence-electron chi connectivity index (χ3n) is 9.66. The van der Waals surface area contributed by atoms with Crippen LogP contribution in [0, 0.1) is 0 Å². The first-order chi connectivity index (χ1) is 30.6. The molecule has 0 aromatic rings. The SMILES string of the molecule is CC/C=C\C/C=C\C/C=C\C/C=C\C/C=C\CCCC(=O)OCC(COCCCCCCCC/C=C\C/C=C\C/C=C\CC)OC(=O)CCCCC/C=C\C/C=C\C/C=C\CC. The van der Waals surface area contributed by atoms with E-state index in [0.717, 1.165) is 128 Å². The highest BCUT2D eigenvalue weighted by Crippen LogP contribution is 2.11. The molecule has 5 heteroatoms. The van der Waals surface area contributed by atoms with Gasteiger partial charge in [-0.1, -0.05) is 187 Å². The molecule has 0 aliphatic carbocycles. The summed E-state index contributed by atoms with van der Waals surface area (Å²) in [4.78, 5) is 25.3. The van der Waals surface area contributed by atoms with Crippen LogP contribution < -0.4 is 0 Å². The Hall–Kier alpha value is -3.96. The van der Waals surface area contributed by atoms with Gasteiger partial charge in [-0.2, -0.15) is 0 Å². The molecule has 0 spiro atoms. The zero-order valence-electron chi connectivity index (χ0n) is 39.8. The molecule has 0 aromatic carbocycles. The van der Waals surface area contributed by atoms with Gasteiger partial charge in [0.25, 0.3) is 0 Å². The summed E-state index contributed by atoms with van der Waals surface area (Å²) in [6.07, 6.45) is 73.2. The van der Waals surface area contributed by atoms with Gasteiger partial charge in [-0.05, 0) is 122 Å². The minimum atomic E-state index is -0.590. The summed E-state index contributed by atoms with van der Waals surface area (Å²) in [6, 6.07) is 0. The van der Waals surface area contributed by atoms with Crippen molar-refractivity contribution >= 4 is 11.9 Å². The zero-order valence-corrected chi connectivity index (χ0v) is 39.8. The summed E-state index contributed by atoms with van der Waals surface area (Å²) >= 11 is 0. The van der Waals surface area contributed by atoms with Crippen molar-refractivity contribution in [3.63, 3.8) is 0 Å². The first kappa shape index (κ1) is 58.0. The largest absolute Gasteiger partial charge is 0.462 e. The van der Waals surface area contributed by atoms with Crippen molar-refractivity contribution in [2.24, 2.45) is 0 Å². The van der Waals surface area contributed by atoms with Crippen molar-refractivity contribution < 1.29 is 23.8 Å². The van der Waals surface area contributed by atoms with Crippen LogP contribution in [0.2, 0.25) is 0 Å². The molecule has 0 radical (unpaired) electrons. The summed E-state index contributed by atoms with van der Waals surface area (Å²) in [5, 5.41) is 0. The third-order valence-corrected chi connectivity index (χ3v) is 9.66. The van der Waals surface area contributed by atoms with Gasteiger partial charge in [0.15, 0.2) is 6.10 Å². The number of hydrogen-bond donors (Lipinski definition) is 0. The lowest BCUT2D eigenvalue weighted by molar-refractivity contribution is -0.163. The van der Waals surface area contributed by atoms with E-state index in [1.807, 2.05) is 0 Å². The van der Waals surface area contributed by atoms with Crippen molar-refractivity contribution in [2.45, 2.75) is 194 Å². The standard InChI is InChI=1S/C57H90O5/c1-4-7-10-13-16-19-22-25-27-29-30-33-35-38-41-44-47-50-56(58)61-54-55(62-57(59)51-48-45-42-39-36-32-24-21-18-15-12-9-6-3)53-60-52-49-46-43-40-37-34-31-28-26-23-20-17-14-11-8-5-2/h7-12,16-21,25-28,30,32-33,36,38,41,55H,4-6,13-15,22-24,29,31,34-35,37,39-40,42-54H2,1-3H3/b10-7-,11-8-,12-9-,19-16-,20-17-,21-18-,27-25-,28-26-,33-30-,36-32-,41-38-. The number of hydrogen-bond acceptors (Lipinski definition) is 5. The molecule has 0 saturated carbocycles. The first-order valence-electron chi connectivity index (χ1n) is 24.7. The van der Waals surface area contributed by atoms with Crippen LogP contribution >= 0.6 is 0 Å². The molecule has 62 heavy (non-hydrogen) atoms. The fourth-order valence-electron chi connectivity index (χ4n) is 6.10. The van der Waals surface area contributed by atoms with Crippen molar-refractivity contribution in [1.29, 1.82) is 0 Å². The molecule has 1 unspecified atom stereocenters. The zero-order chi connectivity index (χ0) is 44.9. The molecule has 1 atom stereocenters. The van der Waals surface area contributed by atoms with E-state index in [1.54, 1.807) is 0 Å². The van der Waals surface area contributed by atoms with Crippen LogP contribution in [0.15, 0.2) is 134 Å². The average Bonchev–Trinajstić information content (AvgIpc) is 3.27. The van der Waals surface area contributed by atoms with E-state index in [4.69, 9.17) is 14.2 Å². The number of esters is 2. The predicted molar refractivity (Wildman–Crippen MR) is 269 cm³/mol. The molecule has 5 nitrogen and oxygen atoms in total. The van der Waals surface area contributed by atoms with Crippen molar-refractivity contribution in [3.05, 3.63) is 134 Å². The fraction of sp³-hybridized carbons (Fsp3) is 0.579. The van der Waals surface area contributed by atoms with Gasteiger partial charge < -0.3 is 14.2 Å². The molecule has 0 aliphatic heterocycles. The monoisotopic (exact) mass is 855 g/mol. The molecule has 0 saturated heterocycles. The lowest BCUT2D eigenvalue weighted by Crippen LogP contribution is -2.30. The number of rotatable bonds is 43. The van der Waals surface area contributed by atoms with Crippen LogP contribution in [0.1, 0.15) is 188 Å². The molecule has 0 bridgehead atoms. The van der Waals surface area contributed by atoms with Gasteiger partial charge >= 0.3 is 11.9 Å². The Morgan fingerprint density at radius 3 is 1.13 bits per heavy atom. The van der Waals surface area contributed by atoms with Crippen LogP contribution in [0.3, 0.4) is 0 Å². The van der Waals surface area contributed by atoms with Gasteiger partial charge in [0.05, 0.1) is 6.61 Å². The molecule has 0 amide bonds. The Morgan fingerprint density at radius 1 is 0.355 bits per heavy atom. The highest BCUT2D eigenvalue weighted by Gasteiger charge is 2.17. The molecular weight excluding hydrogens is 765 g/mol. The summed E-state index contributed by atoms with van der Waals surface area (Å²) in [5.41, 5.74) is 0. The van der Waals surface area contributed by atoms with Gasteiger partial charge in [0.1, 0.15) is 6.61 Å². The summed E-state index contributed by atoms with van der Waals surface area (Å²) < 4.78 is 17.3. The number of carbonyl (C=O) groups excluding carboxylic acids is 2. The van der Waals surface area contributed by atoms with Crippen LogP contribution in [0.4, 0.5) is 0 Å². The van der Waals surface area contributed by atoms with Crippen LogP contribution in [0.25, 0.3) is 0 Å². The Morgan fingerprint density at radius 2 is 0.694 bits per heavy atom. The molecule has 348 valence electrons. The lowest BCUT2D eigenvalue weighted by atomic mass is 10.1. The normalized spacial score (nSPS) is 13.4. The predicted octanol–water partition coefficient (Wildman–Crippen LogP) is 16.8. The maximum Gasteiger partial charge on any atom is 0.306 e. The topological polar surface area (TPSA) is 61.8 Å². The Bertz CT molecular complexity index is 1330. The molecule has 0 aliphatic rings. The minimum absolute atomic E-state index is 0.0292. The highest BCUT2D eigenvalue weighted by atomic mass is 16.6. The Balaban J connectivity index is 4.45. The maximum atomic E-state index is 12.8. The molecule has 0 N–H and O–H groups in total. The lowest BCUT2D eigenvalue weighted by Gasteiger charge is -2.18. The highest BCUT2D eigenvalue weighted by molar-refractivity contribution is 5.70. The first-order valence-corrected chi connectivity index (χ1v) is 24.7. The Labute approximate surface area is 381 Å². The number of unbranched alkanes of at least 4 members (excludes halogenated alkanes) is 10. The van der Waals surface area contributed by atoms with E-state index >= 15 is 0 Å². The summed E-state index contributed by atoms with van der Waals surface area (Å²) in [7, 11) is 0. The van der Waals surface area contributed by atoms with Crippen LogP contribution in [0.5, 0.6) is 0 Å². The summed E-state index contributed by atoms with van der Waals surface area (Å²) in [6.45, 7) is 7.34. The molecule has 0 aromatic heterocycles. The van der Waals surface area contributed by atoms with Crippen molar-refractivity contribution in [1.82, 2.24) is 0 Å². The van der Waals surface area contributed by atoms with Crippen molar-refractivity contribution in [2.75, 3.05) is 19.8 Å². The van der Waals surface area contributed by atoms with E-state index < -0.39 is 6.10 Å². The van der Waals surface area contributed by atoms with Gasteiger partial charge in [0, 0.05) is 19.4 Å². The van der Waals surface area contributed by atoms with Gasteiger partial charge in [-0.15, -0.1) is 0 Å². The quantitative estimate of drug-likeness (QED) is 0.0347. The number of ether oxygens (including phenoxy) is 3. The van der Waals surface area contributed by atoms with Crippen molar-refractivity contribution in [3.8, 4) is 0 Å². The molecule has 0 fully saturated rings. The molecular formula is C57H90O5. The second-order valence-corrected chi connectivity index (χ2v) is 15.6. The number of allylic oxidation sites excluding steroid dienone is 22.